The summed E-state index contributed by atoms with van der Waals surface area (Å²) in [6, 6.07) is 7.46. The molecule has 1 aliphatic heterocycles. The van der Waals surface area contributed by atoms with Gasteiger partial charge in [-0.1, -0.05) is 18.2 Å². The molecule has 0 radical (unpaired) electrons. The number of hydrogen-bond donors (Lipinski definition) is 1. The third-order valence-electron chi connectivity index (χ3n) is 3.97. The third-order valence-corrected chi connectivity index (χ3v) is 3.97. The maximum atomic E-state index is 3.48. The molecule has 1 aliphatic rings. The van der Waals surface area contributed by atoms with Crippen molar-refractivity contribution >= 4 is 0 Å². The first kappa shape index (κ1) is 12.6. The van der Waals surface area contributed by atoms with Crippen molar-refractivity contribution in [1.82, 2.24) is 10.2 Å². The molecule has 0 bridgehead atoms. The average molecular weight is 232 g/mol. The number of hydrogen-bond acceptors (Lipinski definition) is 2. The van der Waals surface area contributed by atoms with Crippen LogP contribution in [0.3, 0.4) is 0 Å². The highest BCUT2D eigenvalue weighted by atomic mass is 15.1. The van der Waals surface area contributed by atoms with E-state index in [9.17, 15) is 0 Å². The summed E-state index contributed by atoms with van der Waals surface area (Å²) in [5.74, 6) is 0.743. The summed E-state index contributed by atoms with van der Waals surface area (Å²) in [6.07, 6.45) is 1.29. The fourth-order valence-electron chi connectivity index (χ4n) is 2.89. The Labute approximate surface area is 105 Å². The molecular weight excluding hydrogens is 208 g/mol. The van der Waals surface area contributed by atoms with E-state index >= 15 is 0 Å². The second-order valence-electron chi connectivity index (χ2n) is 5.51. The van der Waals surface area contributed by atoms with E-state index in [1.165, 1.54) is 29.7 Å². The van der Waals surface area contributed by atoms with Gasteiger partial charge in [-0.25, -0.2) is 0 Å². The molecule has 94 valence electrons. The molecule has 2 nitrogen and oxygen atoms in total. The lowest BCUT2D eigenvalue weighted by Gasteiger charge is -2.30. The van der Waals surface area contributed by atoms with Crippen molar-refractivity contribution in [3.8, 4) is 0 Å². The molecule has 2 rings (SSSR count). The Morgan fingerprint density at radius 1 is 1.24 bits per heavy atom. The molecule has 2 unspecified atom stereocenters. The zero-order chi connectivity index (χ0) is 12.4. The van der Waals surface area contributed by atoms with Gasteiger partial charge in [-0.2, -0.15) is 0 Å². The number of benzene rings is 1. The molecule has 1 N–H and O–H groups in total. The summed E-state index contributed by atoms with van der Waals surface area (Å²) in [4.78, 5) is 2.36. The summed E-state index contributed by atoms with van der Waals surface area (Å²) < 4.78 is 0. The van der Waals surface area contributed by atoms with Crippen LogP contribution in [0.15, 0.2) is 18.2 Å². The van der Waals surface area contributed by atoms with Gasteiger partial charge in [0.2, 0.25) is 0 Å². The average Bonchev–Trinajstić information content (AvgIpc) is 2.76. The highest BCUT2D eigenvalue weighted by molar-refractivity contribution is 5.32. The van der Waals surface area contributed by atoms with Gasteiger partial charge in [0.15, 0.2) is 0 Å². The zero-order valence-corrected chi connectivity index (χ0v) is 11.5. The molecule has 0 amide bonds. The van der Waals surface area contributed by atoms with Crippen molar-refractivity contribution in [2.45, 2.75) is 26.3 Å². The Bertz CT molecular complexity index is 379. The van der Waals surface area contributed by atoms with E-state index < -0.39 is 0 Å². The number of nitrogens with zero attached hydrogens (tertiary/aromatic N) is 1. The Hall–Kier alpha value is -0.860. The molecule has 1 heterocycles. The van der Waals surface area contributed by atoms with Crippen LogP contribution in [0.5, 0.6) is 0 Å². The zero-order valence-electron chi connectivity index (χ0n) is 11.5. The van der Waals surface area contributed by atoms with Crippen molar-refractivity contribution < 1.29 is 0 Å². The topological polar surface area (TPSA) is 15.3 Å². The second kappa shape index (κ2) is 5.19. The van der Waals surface area contributed by atoms with Gasteiger partial charge in [0, 0.05) is 6.04 Å². The van der Waals surface area contributed by atoms with E-state index in [4.69, 9.17) is 0 Å². The molecular formula is C15H24N2. The van der Waals surface area contributed by atoms with Gasteiger partial charge in [-0.15, -0.1) is 0 Å². The lowest BCUT2D eigenvalue weighted by Crippen LogP contribution is -2.29. The van der Waals surface area contributed by atoms with Gasteiger partial charge in [-0.05, 0) is 70.1 Å². The Kier molecular flexibility index (Phi) is 3.85. The van der Waals surface area contributed by atoms with Gasteiger partial charge in [0.1, 0.15) is 0 Å². The van der Waals surface area contributed by atoms with E-state index in [2.05, 4.69) is 56.4 Å². The van der Waals surface area contributed by atoms with Crippen LogP contribution in [0.2, 0.25) is 0 Å². The van der Waals surface area contributed by atoms with E-state index in [-0.39, 0.29) is 0 Å². The fourth-order valence-corrected chi connectivity index (χ4v) is 2.89. The summed E-state index contributed by atoms with van der Waals surface area (Å²) in [5, 5.41) is 3.48. The smallest absolute Gasteiger partial charge is 0.0382 e. The molecule has 2 atom stereocenters. The van der Waals surface area contributed by atoms with Gasteiger partial charge < -0.3 is 10.2 Å². The Balaban J connectivity index is 2.28. The van der Waals surface area contributed by atoms with Gasteiger partial charge in [-0.3, -0.25) is 0 Å². The lowest BCUT2D eigenvalue weighted by atomic mass is 9.90. The minimum absolute atomic E-state index is 0.546. The molecule has 2 heteroatoms. The Morgan fingerprint density at radius 3 is 2.53 bits per heavy atom. The molecule has 1 saturated heterocycles. The molecule has 1 aromatic carbocycles. The number of aryl methyl sites for hydroxylation is 2. The van der Waals surface area contributed by atoms with Gasteiger partial charge in [0.25, 0.3) is 0 Å². The summed E-state index contributed by atoms with van der Waals surface area (Å²) in [5.41, 5.74) is 4.25. The first-order chi connectivity index (χ1) is 8.09. The summed E-state index contributed by atoms with van der Waals surface area (Å²) in [7, 11) is 4.39. The van der Waals surface area contributed by atoms with Crippen LogP contribution in [0.1, 0.15) is 29.2 Å². The van der Waals surface area contributed by atoms with Crippen LogP contribution in [-0.4, -0.2) is 32.1 Å². The highest BCUT2D eigenvalue weighted by Crippen LogP contribution is 2.31. The van der Waals surface area contributed by atoms with Crippen molar-refractivity contribution in [2.24, 2.45) is 5.92 Å². The molecule has 1 fully saturated rings. The Morgan fingerprint density at radius 2 is 2.00 bits per heavy atom. The first-order valence-corrected chi connectivity index (χ1v) is 6.54. The van der Waals surface area contributed by atoms with Crippen molar-refractivity contribution in [1.29, 1.82) is 0 Å². The fraction of sp³-hybridized carbons (Fsp3) is 0.600. The van der Waals surface area contributed by atoms with E-state index in [1.54, 1.807) is 0 Å². The van der Waals surface area contributed by atoms with Crippen molar-refractivity contribution in [3.63, 3.8) is 0 Å². The first-order valence-electron chi connectivity index (χ1n) is 6.54. The highest BCUT2D eigenvalue weighted by Gasteiger charge is 2.27. The lowest BCUT2D eigenvalue weighted by molar-refractivity contribution is 0.223. The van der Waals surface area contributed by atoms with E-state index in [1.807, 2.05) is 0 Å². The van der Waals surface area contributed by atoms with Crippen LogP contribution in [0.25, 0.3) is 0 Å². The van der Waals surface area contributed by atoms with Crippen LogP contribution in [0.4, 0.5) is 0 Å². The van der Waals surface area contributed by atoms with E-state index in [0.29, 0.717) is 6.04 Å². The molecule has 17 heavy (non-hydrogen) atoms. The van der Waals surface area contributed by atoms with Crippen LogP contribution in [0, 0.1) is 19.8 Å². The largest absolute Gasteiger partial charge is 0.316 e. The van der Waals surface area contributed by atoms with Gasteiger partial charge in [0.05, 0.1) is 0 Å². The molecule has 1 aromatic rings. The second-order valence-corrected chi connectivity index (χ2v) is 5.51. The number of rotatable bonds is 3. The van der Waals surface area contributed by atoms with Crippen LogP contribution >= 0.6 is 0 Å². The van der Waals surface area contributed by atoms with E-state index in [0.717, 1.165) is 12.5 Å². The minimum Gasteiger partial charge on any atom is -0.316 e. The molecule has 0 spiro atoms. The predicted molar refractivity (Wildman–Crippen MR) is 73.3 cm³/mol. The predicted octanol–water partition coefficient (Wildman–Crippen LogP) is 2.52. The summed E-state index contributed by atoms with van der Waals surface area (Å²) in [6.45, 7) is 6.70. The standard InChI is InChI=1S/C15H24N2/c1-11-5-6-13(9-12(11)2)15(17(3)4)14-7-8-16-10-14/h5-6,9,14-16H,7-8,10H2,1-4H3. The van der Waals surface area contributed by atoms with Crippen LogP contribution < -0.4 is 5.32 Å². The summed E-state index contributed by atoms with van der Waals surface area (Å²) >= 11 is 0. The minimum atomic E-state index is 0.546. The maximum Gasteiger partial charge on any atom is 0.0382 e. The quantitative estimate of drug-likeness (QED) is 0.861. The van der Waals surface area contributed by atoms with Crippen LogP contribution in [-0.2, 0) is 0 Å². The van der Waals surface area contributed by atoms with Crippen molar-refractivity contribution in [2.75, 3.05) is 27.2 Å². The monoisotopic (exact) mass is 232 g/mol. The third kappa shape index (κ3) is 2.70. The SMILES string of the molecule is Cc1ccc(C(C2CCNC2)N(C)C)cc1C. The van der Waals surface area contributed by atoms with Gasteiger partial charge >= 0.3 is 0 Å². The molecule has 0 aromatic heterocycles. The molecule has 0 aliphatic carbocycles. The maximum absolute atomic E-state index is 3.48. The normalized spacial score (nSPS) is 22.1. The van der Waals surface area contributed by atoms with Crippen molar-refractivity contribution in [3.05, 3.63) is 34.9 Å². The number of nitrogens with one attached hydrogen (secondary N) is 1. The molecule has 0 saturated carbocycles.